The molecule has 0 aliphatic heterocycles. The first-order valence-electron chi connectivity index (χ1n) is 4.99. The van der Waals surface area contributed by atoms with Crippen molar-refractivity contribution in [2.45, 2.75) is 13.1 Å². The molecule has 92 valence electrons. The summed E-state index contributed by atoms with van der Waals surface area (Å²) in [4.78, 5) is 4.60. The van der Waals surface area contributed by atoms with E-state index in [1.54, 1.807) is 25.1 Å². The Bertz CT molecular complexity index is 396. The van der Waals surface area contributed by atoms with Crippen molar-refractivity contribution >= 4 is 5.71 Å². The normalized spacial score (nSPS) is 13.1. The van der Waals surface area contributed by atoms with Crippen LogP contribution in [-0.4, -0.2) is 18.5 Å². The van der Waals surface area contributed by atoms with E-state index in [0.717, 1.165) is 0 Å². The molecule has 17 heavy (non-hydrogen) atoms. The summed E-state index contributed by atoms with van der Waals surface area (Å²) in [5.41, 5.74) is -1.04. The van der Waals surface area contributed by atoms with E-state index in [0.29, 0.717) is 0 Å². The number of oxime groups is 1. The van der Waals surface area contributed by atoms with Gasteiger partial charge >= 0.3 is 6.18 Å². The lowest BCUT2D eigenvalue weighted by Gasteiger charge is -2.09. The number of alkyl halides is 3. The lowest BCUT2D eigenvalue weighted by atomic mass is 10.1. The van der Waals surface area contributed by atoms with Gasteiger partial charge in [0.1, 0.15) is 6.61 Å². The third kappa shape index (κ3) is 4.30. The maximum absolute atomic E-state index is 12.7. The maximum Gasteiger partial charge on any atom is 0.437 e. The van der Waals surface area contributed by atoms with E-state index >= 15 is 0 Å². The van der Waals surface area contributed by atoms with Crippen LogP contribution in [-0.2, 0) is 4.84 Å². The Morgan fingerprint density at radius 3 is 2.47 bits per heavy atom. The molecule has 0 radical (unpaired) electrons. The number of rotatable bonds is 4. The van der Waals surface area contributed by atoms with Crippen molar-refractivity contribution in [2.24, 2.45) is 5.16 Å². The molecule has 0 saturated carbocycles. The smallest absolute Gasteiger partial charge is 0.391 e. The van der Waals surface area contributed by atoms with Gasteiger partial charge in [-0.1, -0.05) is 41.6 Å². The van der Waals surface area contributed by atoms with Gasteiger partial charge in [0.15, 0.2) is 5.71 Å². The van der Waals surface area contributed by atoms with Gasteiger partial charge in [-0.25, -0.2) is 0 Å². The summed E-state index contributed by atoms with van der Waals surface area (Å²) in [6.45, 7) is 1.76. The first-order chi connectivity index (χ1) is 8.05. The molecule has 5 heteroatoms. The second kappa shape index (κ2) is 6.08. The Kier molecular flexibility index (Phi) is 4.75. The fraction of sp³-hybridized carbons (Fsp3) is 0.250. The van der Waals surface area contributed by atoms with E-state index in [9.17, 15) is 13.2 Å². The number of hydrogen-bond donors (Lipinski definition) is 0. The molecular formula is C12H12F3NO. The highest BCUT2D eigenvalue weighted by atomic mass is 19.4. The summed E-state index contributed by atoms with van der Waals surface area (Å²) in [6.07, 6.45) is -1.29. The van der Waals surface area contributed by atoms with Crippen LogP contribution in [0.2, 0.25) is 0 Å². The Hall–Kier alpha value is -1.78. The van der Waals surface area contributed by atoms with Gasteiger partial charge in [-0.3, -0.25) is 0 Å². The summed E-state index contributed by atoms with van der Waals surface area (Å²) in [5.74, 6) is 0. The lowest BCUT2D eigenvalue weighted by Crippen LogP contribution is -2.24. The predicted octanol–water partition coefficient (Wildman–Crippen LogP) is 3.55. The van der Waals surface area contributed by atoms with Crippen LogP contribution in [0.4, 0.5) is 13.2 Å². The second-order valence-electron chi connectivity index (χ2n) is 3.17. The van der Waals surface area contributed by atoms with Crippen LogP contribution >= 0.6 is 0 Å². The first-order valence-corrected chi connectivity index (χ1v) is 4.99. The zero-order valence-electron chi connectivity index (χ0n) is 9.24. The zero-order chi connectivity index (χ0) is 12.7. The number of halogens is 3. The van der Waals surface area contributed by atoms with Gasteiger partial charge in [0.05, 0.1) is 0 Å². The van der Waals surface area contributed by atoms with Crippen LogP contribution in [0.15, 0.2) is 47.6 Å². The van der Waals surface area contributed by atoms with Crippen molar-refractivity contribution in [3.8, 4) is 0 Å². The molecule has 0 aliphatic rings. The van der Waals surface area contributed by atoms with Crippen LogP contribution in [0.5, 0.6) is 0 Å². The monoisotopic (exact) mass is 243 g/mol. The van der Waals surface area contributed by atoms with Gasteiger partial charge in [0, 0.05) is 5.56 Å². The van der Waals surface area contributed by atoms with Crippen molar-refractivity contribution in [2.75, 3.05) is 6.61 Å². The summed E-state index contributed by atoms with van der Waals surface area (Å²) in [7, 11) is 0. The van der Waals surface area contributed by atoms with Gasteiger partial charge < -0.3 is 4.84 Å². The van der Waals surface area contributed by atoms with Gasteiger partial charge in [-0.15, -0.1) is 0 Å². The second-order valence-corrected chi connectivity index (χ2v) is 3.17. The van der Waals surface area contributed by atoms with Crippen LogP contribution in [0.1, 0.15) is 12.5 Å². The lowest BCUT2D eigenvalue weighted by molar-refractivity contribution is -0.0611. The van der Waals surface area contributed by atoms with Crippen LogP contribution < -0.4 is 0 Å². The minimum Gasteiger partial charge on any atom is -0.391 e. The average molecular weight is 243 g/mol. The molecule has 2 nitrogen and oxygen atoms in total. The highest BCUT2D eigenvalue weighted by Crippen LogP contribution is 2.22. The molecule has 0 saturated heterocycles. The Balaban J connectivity index is 2.90. The van der Waals surface area contributed by atoms with Gasteiger partial charge in [-0.05, 0) is 13.0 Å². The number of allylic oxidation sites excluding steroid dienone is 1. The third-order valence-electron chi connectivity index (χ3n) is 1.88. The topological polar surface area (TPSA) is 21.6 Å². The van der Waals surface area contributed by atoms with E-state index in [1.165, 1.54) is 24.3 Å². The molecule has 0 aliphatic carbocycles. The molecule has 0 bridgehead atoms. The molecule has 0 spiro atoms. The molecule has 0 amide bonds. The average Bonchev–Trinajstić information content (AvgIpc) is 2.28. The molecule has 0 aromatic heterocycles. The van der Waals surface area contributed by atoms with Crippen molar-refractivity contribution in [1.29, 1.82) is 0 Å². The Morgan fingerprint density at radius 1 is 1.29 bits per heavy atom. The molecular weight excluding hydrogens is 231 g/mol. The summed E-state index contributed by atoms with van der Waals surface area (Å²) < 4.78 is 38.1. The number of hydrogen-bond acceptors (Lipinski definition) is 2. The van der Waals surface area contributed by atoms with Crippen LogP contribution in [0, 0.1) is 0 Å². The minimum atomic E-state index is -4.53. The highest BCUT2D eigenvalue weighted by molar-refractivity contribution is 6.04. The molecule has 0 heterocycles. The molecule has 0 atom stereocenters. The number of nitrogens with zero attached hydrogens (tertiary/aromatic N) is 1. The molecule has 1 aromatic rings. The molecule has 0 unspecified atom stereocenters. The molecule has 1 rings (SSSR count). The van der Waals surface area contributed by atoms with E-state index in [-0.39, 0.29) is 12.2 Å². The van der Waals surface area contributed by atoms with Crippen LogP contribution in [0.25, 0.3) is 0 Å². The SMILES string of the molecule is CC=CCON=C(c1ccccc1)C(F)(F)F. The Morgan fingerprint density at radius 2 is 1.94 bits per heavy atom. The Labute approximate surface area is 97.4 Å². The first kappa shape index (κ1) is 13.3. The predicted molar refractivity (Wildman–Crippen MR) is 59.8 cm³/mol. The van der Waals surface area contributed by atoms with E-state index in [1.807, 2.05) is 0 Å². The van der Waals surface area contributed by atoms with Crippen molar-refractivity contribution in [3.63, 3.8) is 0 Å². The van der Waals surface area contributed by atoms with Crippen molar-refractivity contribution in [1.82, 2.24) is 0 Å². The molecule has 1 aromatic carbocycles. The number of benzene rings is 1. The van der Waals surface area contributed by atoms with E-state index < -0.39 is 11.9 Å². The molecule has 0 N–H and O–H groups in total. The van der Waals surface area contributed by atoms with Crippen molar-refractivity contribution < 1.29 is 18.0 Å². The van der Waals surface area contributed by atoms with Gasteiger partial charge in [-0.2, -0.15) is 13.2 Å². The maximum atomic E-state index is 12.7. The fourth-order valence-corrected chi connectivity index (χ4v) is 1.11. The van der Waals surface area contributed by atoms with Crippen LogP contribution in [0.3, 0.4) is 0 Å². The summed E-state index contributed by atoms with van der Waals surface area (Å²) in [5, 5.41) is 3.14. The van der Waals surface area contributed by atoms with E-state index in [2.05, 4.69) is 9.99 Å². The third-order valence-corrected chi connectivity index (χ3v) is 1.88. The minimum absolute atomic E-state index is 0.0134. The summed E-state index contributed by atoms with van der Waals surface area (Å²) in [6, 6.07) is 7.35. The zero-order valence-corrected chi connectivity index (χ0v) is 9.24. The van der Waals surface area contributed by atoms with Gasteiger partial charge in [0.25, 0.3) is 0 Å². The largest absolute Gasteiger partial charge is 0.437 e. The van der Waals surface area contributed by atoms with Gasteiger partial charge in [0.2, 0.25) is 0 Å². The highest BCUT2D eigenvalue weighted by Gasteiger charge is 2.37. The standard InChI is InChI=1S/C12H12F3NO/c1-2-3-9-17-16-11(12(13,14)15)10-7-5-4-6-8-10/h2-8H,9H2,1H3. The van der Waals surface area contributed by atoms with Crippen molar-refractivity contribution in [3.05, 3.63) is 48.0 Å². The van der Waals surface area contributed by atoms with E-state index in [4.69, 9.17) is 0 Å². The molecule has 0 fully saturated rings. The quantitative estimate of drug-likeness (QED) is 0.343. The summed E-state index contributed by atoms with van der Waals surface area (Å²) >= 11 is 0. The fourth-order valence-electron chi connectivity index (χ4n) is 1.11.